The summed E-state index contributed by atoms with van der Waals surface area (Å²) < 4.78 is 3.42. The molecule has 0 amide bonds. The molecule has 0 aliphatic rings. The van der Waals surface area contributed by atoms with Gasteiger partial charge in [0.05, 0.1) is 22.2 Å². The SMILES string of the molecule is O=C(O)c1ccc(-n2c(C=Cc3cccc4nccn34)nc3ccccc3c2=O)cc1. The fraction of sp³-hybridized carbons (Fsp3) is 0. The van der Waals surface area contributed by atoms with Crippen molar-refractivity contribution in [3.8, 4) is 5.69 Å². The smallest absolute Gasteiger partial charge is 0.335 e. The quantitative estimate of drug-likeness (QED) is 0.487. The van der Waals surface area contributed by atoms with E-state index in [9.17, 15) is 14.7 Å². The van der Waals surface area contributed by atoms with Gasteiger partial charge in [0.25, 0.3) is 5.56 Å². The zero-order chi connectivity index (χ0) is 21.4. The summed E-state index contributed by atoms with van der Waals surface area (Å²) in [4.78, 5) is 33.5. The van der Waals surface area contributed by atoms with Crippen LogP contribution in [0.5, 0.6) is 0 Å². The number of aromatic nitrogens is 4. The van der Waals surface area contributed by atoms with E-state index >= 15 is 0 Å². The Hall–Kier alpha value is -4.52. The summed E-state index contributed by atoms with van der Waals surface area (Å²) in [6.07, 6.45) is 7.22. The van der Waals surface area contributed by atoms with E-state index in [-0.39, 0.29) is 11.1 Å². The fourth-order valence-corrected chi connectivity index (χ4v) is 3.53. The Kier molecular flexibility index (Phi) is 4.41. The van der Waals surface area contributed by atoms with Gasteiger partial charge >= 0.3 is 5.97 Å². The number of carboxylic acid groups (broad SMARTS) is 1. The summed E-state index contributed by atoms with van der Waals surface area (Å²) in [7, 11) is 0. The van der Waals surface area contributed by atoms with Crippen molar-refractivity contribution in [3.05, 3.63) is 107 Å². The minimum atomic E-state index is -1.02. The van der Waals surface area contributed by atoms with Gasteiger partial charge in [-0.15, -0.1) is 0 Å². The van der Waals surface area contributed by atoms with Gasteiger partial charge in [0.15, 0.2) is 0 Å². The van der Waals surface area contributed by atoms with Crippen LogP contribution in [0.15, 0.2) is 83.9 Å². The Labute approximate surface area is 176 Å². The molecule has 0 saturated carbocycles. The fourth-order valence-electron chi connectivity index (χ4n) is 3.53. The first-order valence-corrected chi connectivity index (χ1v) is 9.57. The number of hydrogen-bond donors (Lipinski definition) is 1. The van der Waals surface area contributed by atoms with Crippen molar-refractivity contribution in [1.29, 1.82) is 0 Å². The Morgan fingerprint density at radius 3 is 2.55 bits per heavy atom. The maximum absolute atomic E-state index is 13.3. The molecule has 0 aliphatic carbocycles. The number of imidazole rings is 1. The normalized spacial score (nSPS) is 11.5. The van der Waals surface area contributed by atoms with Crippen LogP contribution in [0, 0.1) is 0 Å². The predicted octanol–water partition coefficient (Wildman–Crippen LogP) is 3.90. The van der Waals surface area contributed by atoms with Crippen LogP contribution < -0.4 is 5.56 Å². The topological polar surface area (TPSA) is 89.5 Å². The van der Waals surface area contributed by atoms with Crippen molar-refractivity contribution in [2.75, 3.05) is 0 Å². The number of para-hydroxylation sites is 1. The number of nitrogens with zero attached hydrogens (tertiary/aromatic N) is 4. The van der Waals surface area contributed by atoms with Gasteiger partial charge in [-0.2, -0.15) is 0 Å². The number of pyridine rings is 1. The first-order valence-electron chi connectivity index (χ1n) is 9.57. The van der Waals surface area contributed by atoms with Gasteiger partial charge in [-0.25, -0.2) is 14.8 Å². The van der Waals surface area contributed by atoms with Crippen molar-refractivity contribution in [2.45, 2.75) is 0 Å². The van der Waals surface area contributed by atoms with Gasteiger partial charge < -0.3 is 9.51 Å². The first-order chi connectivity index (χ1) is 15.1. The van der Waals surface area contributed by atoms with Crippen LogP contribution in [-0.4, -0.2) is 30.0 Å². The van der Waals surface area contributed by atoms with E-state index in [0.29, 0.717) is 22.4 Å². The number of fused-ring (bicyclic) bond motifs is 2. The molecular formula is C24H16N4O3. The lowest BCUT2D eigenvalue weighted by atomic mass is 10.2. The molecule has 0 radical (unpaired) electrons. The van der Waals surface area contributed by atoms with E-state index < -0.39 is 5.97 Å². The molecule has 0 saturated heterocycles. The average Bonchev–Trinajstić information content (AvgIpc) is 3.27. The lowest BCUT2D eigenvalue weighted by molar-refractivity contribution is 0.0697. The molecule has 0 atom stereocenters. The van der Waals surface area contributed by atoms with E-state index in [1.807, 2.05) is 40.9 Å². The largest absolute Gasteiger partial charge is 0.478 e. The second kappa shape index (κ2) is 7.38. The standard InChI is InChI=1S/C24H16N4O3/c29-23-19-5-1-2-6-20(19)26-22(28(23)18-10-8-16(9-11-18)24(30)31)13-12-17-4-3-7-21-25-14-15-27(17)21/h1-15H,(H,30,31). The lowest BCUT2D eigenvalue weighted by Gasteiger charge is -2.12. The van der Waals surface area contributed by atoms with Gasteiger partial charge in [-0.1, -0.05) is 18.2 Å². The molecule has 3 heterocycles. The summed E-state index contributed by atoms with van der Waals surface area (Å²) in [5.74, 6) is -0.590. The predicted molar refractivity (Wildman–Crippen MR) is 118 cm³/mol. The van der Waals surface area contributed by atoms with Crippen molar-refractivity contribution >= 4 is 34.7 Å². The third-order valence-electron chi connectivity index (χ3n) is 5.04. The van der Waals surface area contributed by atoms with Gasteiger partial charge in [-0.3, -0.25) is 9.36 Å². The highest BCUT2D eigenvalue weighted by Gasteiger charge is 2.12. The summed E-state index contributed by atoms with van der Waals surface area (Å²) in [5.41, 5.74) is 2.74. The molecule has 31 heavy (non-hydrogen) atoms. The molecule has 2 aromatic carbocycles. The number of carboxylic acids is 1. The van der Waals surface area contributed by atoms with Crippen LogP contribution in [0.4, 0.5) is 0 Å². The second-order valence-corrected chi connectivity index (χ2v) is 6.92. The Morgan fingerprint density at radius 2 is 1.74 bits per heavy atom. The molecule has 5 rings (SSSR count). The number of benzene rings is 2. The van der Waals surface area contributed by atoms with E-state index in [2.05, 4.69) is 9.97 Å². The van der Waals surface area contributed by atoms with Gasteiger partial charge in [0.2, 0.25) is 0 Å². The second-order valence-electron chi connectivity index (χ2n) is 6.92. The van der Waals surface area contributed by atoms with E-state index in [4.69, 9.17) is 0 Å². The summed E-state index contributed by atoms with van der Waals surface area (Å²) in [6, 6.07) is 19.1. The van der Waals surface area contributed by atoms with Crippen LogP contribution in [0.25, 0.3) is 34.4 Å². The Morgan fingerprint density at radius 1 is 0.935 bits per heavy atom. The highest BCUT2D eigenvalue weighted by Crippen LogP contribution is 2.17. The maximum atomic E-state index is 13.3. The van der Waals surface area contributed by atoms with Crippen LogP contribution in [0.2, 0.25) is 0 Å². The molecule has 5 aromatic rings. The first kappa shape index (κ1) is 18.5. The summed E-state index contributed by atoms with van der Waals surface area (Å²) >= 11 is 0. The molecule has 0 spiro atoms. The van der Waals surface area contributed by atoms with Crippen LogP contribution >= 0.6 is 0 Å². The number of aromatic carboxylic acids is 1. The summed E-state index contributed by atoms with van der Waals surface area (Å²) in [6.45, 7) is 0. The highest BCUT2D eigenvalue weighted by molar-refractivity contribution is 5.88. The van der Waals surface area contributed by atoms with E-state index in [1.54, 1.807) is 42.6 Å². The van der Waals surface area contributed by atoms with Crippen LogP contribution in [-0.2, 0) is 0 Å². The van der Waals surface area contributed by atoms with Crippen molar-refractivity contribution < 1.29 is 9.90 Å². The van der Waals surface area contributed by atoms with Crippen molar-refractivity contribution in [1.82, 2.24) is 18.9 Å². The van der Waals surface area contributed by atoms with Crippen LogP contribution in [0.3, 0.4) is 0 Å². The molecule has 3 aromatic heterocycles. The zero-order valence-corrected chi connectivity index (χ0v) is 16.2. The Balaban J connectivity index is 1.71. The number of carbonyl (C=O) groups is 1. The maximum Gasteiger partial charge on any atom is 0.335 e. The van der Waals surface area contributed by atoms with Gasteiger partial charge in [0, 0.05) is 18.1 Å². The molecule has 0 aliphatic heterocycles. The molecular weight excluding hydrogens is 392 g/mol. The summed E-state index contributed by atoms with van der Waals surface area (Å²) in [5, 5.41) is 9.66. The molecule has 150 valence electrons. The number of hydrogen-bond acceptors (Lipinski definition) is 4. The molecule has 7 nitrogen and oxygen atoms in total. The highest BCUT2D eigenvalue weighted by atomic mass is 16.4. The van der Waals surface area contributed by atoms with Crippen LogP contribution in [0.1, 0.15) is 21.9 Å². The average molecular weight is 408 g/mol. The monoisotopic (exact) mass is 408 g/mol. The minimum Gasteiger partial charge on any atom is -0.478 e. The number of rotatable bonds is 4. The lowest BCUT2D eigenvalue weighted by Crippen LogP contribution is -2.22. The molecule has 7 heteroatoms. The van der Waals surface area contributed by atoms with E-state index in [1.165, 1.54) is 16.7 Å². The van der Waals surface area contributed by atoms with Crippen molar-refractivity contribution in [2.24, 2.45) is 0 Å². The minimum absolute atomic E-state index is 0.148. The Bertz CT molecular complexity index is 1530. The molecule has 0 unspecified atom stereocenters. The van der Waals surface area contributed by atoms with E-state index in [0.717, 1.165) is 11.3 Å². The van der Waals surface area contributed by atoms with Gasteiger partial charge in [0.1, 0.15) is 11.5 Å². The molecule has 0 bridgehead atoms. The molecule has 0 fully saturated rings. The zero-order valence-electron chi connectivity index (χ0n) is 16.2. The molecule has 1 N–H and O–H groups in total. The third-order valence-corrected chi connectivity index (χ3v) is 5.04. The van der Waals surface area contributed by atoms with Crippen molar-refractivity contribution in [3.63, 3.8) is 0 Å². The van der Waals surface area contributed by atoms with Gasteiger partial charge in [-0.05, 0) is 60.7 Å². The third kappa shape index (κ3) is 3.28.